The standard InChI is InChI=1S/C14H16O3/c1-2-17-14(16)9-12-11-6-4-3-5-10(11)7-8-13(12)15/h3-6,12H,2,7-9H2,1H3. The van der Waals surface area contributed by atoms with Gasteiger partial charge in [0.1, 0.15) is 5.78 Å². The van der Waals surface area contributed by atoms with Crippen molar-refractivity contribution in [2.45, 2.75) is 32.1 Å². The number of benzene rings is 1. The van der Waals surface area contributed by atoms with Crippen molar-refractivity contribution >= 4 is 11.8 Å². The molecule has 0 aliphatic heterocycles. The molecule has 1 aromatic carbocycles. The molecule has 0 saturated heterocycles. The van der Waals surface area contributed by atoms with Crippen LogP contribution in [0.4, 0.5) is 0 Å². The molecule has 0 radical (unpaired) electrons. The number of carbonyl (C=O) groups excluding carboxylic acids is 2. The molecule has 0 fully saturated rings. The maximum Gasteiger partial charge on any atom is 0.306 e. The van der Waals surface area contributed by atoms with Crippen LogP contribution in [0.2, 0.25) is 0 Å². The number of ketones is 1. The minimum atomic E-state index is -0.306. The summed E-state index contributed by atoms with van der Waals surface area (Å²) >= 11 is 0. The lowest BCUT2D eigenvalue weighted by atomic mass is 9.80. The van der Waals surface area contributed by atoms with E-state index in [0.717, 1.165) is 12.0 Å². The predicted molar refractivity (Wildman–Crippen MR) is 63.8 cm³/mol. The maximum atomic E-state index is 11.9. The first-order valence-electron chi connectivity index (χ1n) is 5.98. The van der Waals surface area contributed by atoms with E-state index in [0.29, 0.717) is 13.0 Å². The lowest BCUT2D eigenvalue weighted by molar-refractivity contribution is -0.145. The molecule has 3 nitrogen and oxygen atoms in total. The molecule has 1 aliphatic carbocycles. The van der Waals surface area contributed by atoms with Crippen LogP contribution in [0.15, 0.2) is 24.3 Å². The second-order valence-corrected chi connectivity index (χ2v) is 4.23. The Kier molecular flexibility index (Phi) is 3.57. The molecule has 3 heteroatoms. The Morgan fingerprint density at radius 1 is 1.35 bits per heavy atom. The number of ether oxygens (including phenoxy) is 1. The lowest BCUT2D eigenvalue weighted by Crippen LogP contribution is -2.23. The van der Waals surface area contributed by atoms with Crippen molar-refractivity contribution in [1.29, 1.82) is 0 Å². The zero-order chi connectivity index (χ0) is 12.3. The average Bonchev–Trinajstić information content (AvgIpc) is 2.33. The van der Waals surface area contributed by atoms with E-state index in [4.69, 9.17) is 4.74 Å². The monoisotopic (exact) mass is 232 g/mol. The first-order valence-corrected chi connectivity index (χ1v) is 5.98. The molecule has 1 unspecified atom stereocenters. The van der Waals surface area contributed by atoms with Gasteiger partial charge in [-0.3, -0.25) is 9.59 Å². The topological polar surface area (TPSA) is 43.4 Å². The summed E-state index contributed by atoms with van der Waals surface area (Å²) in [5, 5.41) is 0. The van der Waals surface area contributed by atoms with Crippen molar-refractivity contribution in [3.05, 3.63) is 35.4 Å². The van der Waals surface area contributed by atoms with Crippen molar-refractivity contribution in [3.8, 4) is 0 Å². The van der Waals surface area contributed by atoms with Crippen molar-refractivity contribution in [1.82, 2.24) is 0 Å². The molecule has 2 rings (SSSR count). The molecule has 90 valence electrons. The highest BCUT2D eigenvalue weighted by molar-refractivity contribution is 5.91. The van der Waals surface area contributed by atoms with E-state index in [1.807, 2.05) is 24.3 Å². The summed E-state index contributed by atoms with van der Waals surface area (Å²) in [6, 6.07) is 7.85. The van der Waals surface area contributed by atoms with Crippen LogP contribution < -0.4 is 0 Å². The molecule has 17 heavy (non-hydrogen) atoms. The number of carbonyl (C=O) groups is 2. The average molecular weight is 232 g/mol. The second kappa shape index (κ2) is 5.13. The van der Waals surface area contributed by atoms with Gasteiger partial charge in [0.05, 0.1) is 18.9 Å². The van der Waals surface area contributed by atoms with Crippen LogP contribution in [-0.2, 0) is 20.7 Å². The van der Waals surface area contributed by atoms with Gasteiger partial charge < -0.3 is 4.74 Å². The Morgan fingerprint density at radius 2 is 2.12 bits per heavy atom. The summed E-state index contributed by atoms with van der Waals surface area (Å²) < 4.78 is 4.92. The molecule has 0 bridgehead atoms. The Balaban J connectivity index is 2.21. The summed E-state index contributed by atoms with van der Waals surface area (Å²) in [7, 11) is 0. The Labute approximate surface area is 101 Å². The third-order valence-corrected chi connectivity index (χ3v) is 3.14. The van der Waals surface area contributed by atoms with Crippen LogP contribution >= 0.6 is 0 Å². The van der Waals surface area contributed by atoms with Crippen molar-refractivity contribution in [2.24, 2.45) is 0 Å². The molecule has 0 aromatic heterocycles. The second-order valence-electron chi connectivity index (χ2n) is 4.23. The number of fused-ring (bicyclic) bond motifs is 1. The van der Waals surface area contributed by atoms with E-state index in [-0.39, 0.29) is 24.1 Å². The largest absolute Gasteiger partial charge is 0.466 e. The number of aryl methyl sites for hydroxylation is 1. The molecule has 0 saturated carbocycles. The van der Waals surface area contributed by atoms with Gasteiger partial charge in [0.2, 0.25) is 0 Å². The van der Waals surface area contributed by atoms with Crippen LogP contribution in [0.5, 0.6) is 0 Å². The zero-order valence-corrected chi connectivity index (χ0v) is 9.94. The van der Waals surface area contributed by atoms with Crippen LogP contribution in [0.25, 0.3) is 0 Å². The molecule has 1 atom stereocenters. The highest BCUT2D eigenvalue weighted by Crippen LogP contribution is 2.31. The minimum Gasteiger partial charge on any atom is -0.466 e. The van der Waals surface area contributed by atoms with Crippen molar-refractivity contribution in [2.75, 3.05) is 6.61 Å². The van der Waals surface area contributed by atoms with Crippen LogP contribution in [-0.4, -0.2) is 18.4 Å². The van der Waals surface area contributed by atoms with E-state index in [1.165, 1.54) is 5.56 Å². The number of hydrogen-bond acceptors (Lipinski definition) is 3. The molecule has 0 N–H and O–H groups in total. The van der Waals surface area contributed by atoms with Crippen LogP contribution in [0.1, 0.15) is 36.8 Å². The summed E-state index contributed by atoms with van der Waals surface area (Å²) in [6.07, 6.45) is 1.49. The van der Waals surface area contributed by atoms with Gasteiger partial charge in [-0.15, -0.1) is 0 Å². The van der Waals surface area contributed by atoms with E-state index in [1.54, 1.807) is 6.92 Å². The summed E-state index contributed by atoms with van der Waals surface area (Å²) in [4.78, 5) is 23.4. The zero-order valence-electron chi connectivity index (χ0n) is 9.94. The normalized spacial score (nSPS) is 18.6. The number of Topliss-reactive ketones (excluding diaryl/α,β-unsaturated/α-hetero) is 1. The Morgan fingerprint density at radius 3 is 2.88 bits per heavy atom. The van der Waals surface area contributed by atoms with Gasteiger partial charge in [0.15, 0.2) is 0 Å². The molecule has 0 amide bonds. The summed E-state index contributed by atoms with van der Waals surface area (Å²) in [5.41, 5.74) is 2.18. The van der Waals surface area contributed by atoms with Crippen molar-refractivity contribution in [3.63, 3.8) is 0 Å². The summed E-state index contributed by atoms with van der Waals surface area (Å²) in [6.45, 7) is 2.13. The van der Waals surface area contributed by atoms with Gasteiger partial charge in [0, 0.05) is 6.42 Å². The summed E-state index contributed by atoms with van der Waals surface area (Å²) in [5.74, 6) is -0.446. The molecular weight excluding hydrogens is 216 g/mol. The number of esters is 1. The fourth-order valence-corrected chi connectivity index (χ4v) is 2.32. The molecule has 1 aliphatic rings. The smallest absolute Gasteiger partial charge is 0.306 e. The highest BCUT2D eigenvalue weighted by atomic mass is 16.5. The van der Waals surface area contributed by atoms with E-state index < -0.39 is 0 Å². The number of rotatable bonds is 3. The Bertz CT molecular complexity index is 437. The van der Waals surface area contributed by atoms with Gasteiger partial charge >= 0.3 is 5.97 Å². The number of hydrogen-bond donors (Lipinski definition) is 0. The van der Waals surface area contributed by atoms with E-state index >= 15 is 0 Å². The molecule has 0 heterocycles. The highest BCUT2D eigenvalue weighted by Gasteiger charge is 2.29. The molecular formula is C14H16O3. The molecule has 1 aromatic rings. The van der Waals surface area contributed by atoms with Gasteiger partial charge in [-0.1, -0.05) is 24.3 Å². The van der Waals surface area contributed by atoms with E-state index in [2.05, 4.69) is 0 Å². The van der Waals surface area contributed by atoms with E-state index in [9.17, 15) is 9.59 Å². The minimum absolute atomic E-state index is 0.150. The van der Waals surface area contributed by atoms with Gasteiger partial charge in [0.25, 0.3) is 0 Å². The predicted octanol–water partition coefficient (Wildman–Crippen LogP) is 2.24. The van der Waals surface area contributed by atoms with Gasteiger partial charge in [-0.25, -0.2) is 0 Å². The fourth-order valence-electron chi connectivity index (χ4n) is 2.32. The lowest BCUT2D eigenvalue weighted by Gasteiger charge is -2.23. The van der Waals surface area contributed by atoms with Crippen LogP contribution in [0, 0.1) is 0 Å². The van der Waals surface area contributed by atoms with Crippen LogP contribution in [0.3, 0.4) is 0 Å². The first-order chi connectivity index (χ1) is 8.22. The molecule has 0 spiro atoms. The third kappa shape index (κ3) is 2.54. The first kappa shape index (κ1) is 11.8. The van der Waals surface area contributed by atoms with Gasteiger partial charge in [-0.05, 0) is 24.5 Å². The SMILES string of the molecule is CCOC(=O)CC1C(=O)CCc2ccccc21. The maximum absolute atomic E-state index is 11.9. The van der Waals surface area contributed by atoms with Gasteiger partial charge in [-0.2, -0.15) is 0 Å². The fraction of sp³-hybridized carbons (Fsp3) is 0.429. The third-order valence-electron chi connectivity index (χ3n) is 3.14. The quantitative estimate of drug-likeness (QED) is 0.751. The van der Waals surface area contributed by atoms with Crippen molar-refractivity contribution < 1.29 is 14.3 Å². The Hall–Kier alpha value is -1.64.